The molecule has 0 fully saturated rings. The zero-order valence-corrected chi connectivity index (χ0v) is 66.3. The maximum absolute atomic E-state index is 6.33. The third-order valence-electron chi connectivity index (χ3n) is 22.4. The second kappa shape index (κ2) is 31.8. The Morgan fingerprint density at radius 1 is 0.158 bits per heavy atom. The summed E-state index contributed by atoms with van der Waals surface area (Å²) in [7, 11) is 0. The van der Waals surface area contributed by atoms with Crippen molar-refractivity contribution >= 4 is 43.9 Å². The standard InChI is InChI=1S/C58H40N4O.C52H36N4O/c1-37-26-32-46(38(2)59-37)47-22-12-13-24-50(47)58-61-56(60-57(62-58)44-31-33-49-48-23-14-15-25-53(48)63-54(49)36-44)43-29-27-39(28-30-43)45-34-51(40-16-6-3-7-17-40)55(42-20-10-5-11-21-42)52(35-45)41-18-8-4-9-19-41;1-33-17-28-43(34(2)53-33)37-18-22-39(23-19-37)50-54-51(56-52(55-50)42-27-30-46-45-15-9-10-16-48(45)57-49(46)32-42)40-24-20-38(21-25-40)44-29-26-41(35-11-5-3-6-12-35)31-47(44)36-13-7-4-8-14-36/h3-36H,1-2H3;3-32H,1-2H3. The zero-order valence-electron chi connectivity index (χ0n) is 66.3. The van der Waals surface area contributed by atoms with Gasteiger partial charge in [-0.1, -0.05) is 322 Å². The van der Waals surface area contributed by atoms with E-state index in [1.54, 1.807) is 0 Å². The highest BCUT2D eigenvalue weighted by Gasteiger charge is 2.23. The molecule has 0 unspecified atom stereocenters. The van der Waals surface area contributed by atoms with Crippen LogP contribution in [0.5, 0.6) is 0 Å². The summed E-state index contributed by atoms with van der Waals surface area (Å²) in [6.45, 7) is 8.13. The van der Waals surface area contributed by atoms with Gasteiger partial charge in [-0.3, -0.25) is 9.97 Å². The molecule has 6 heterocycles. The smallest absolute Gasteiger partial charge is 0.164 e. The van der Waals surface area contributed by atoms with Crippen molar-refractivity contribution < 1.29 is 8.83 Å². The SMILES string of the molecule is Cc1ccc(-c2ccc(-c3nc(-c4ccc(-c5ccc(-c6ccccc6)cc5-c5ccccc5)cc4)nc(-c4ccc5c(c4)oc4ccccc45)n3)cc2)c(C)n1.Cc1ccc(-c2ccccc2-c2nc(-c3ccc(-c4cc(-c5ccccc5)c(-c5ccccc5)c(-c5ccccc5)c4)cc3)nc(-c3ccc4c(c3)oc3ccccc34)n2)c(C)n1. The molecule has 0 radical (unpaired) electrons. The number of pyridine rings is 2. The third-order valence-corrected chi connectivity index (χ3v) is 22.4. The predicted molar refractivity (Wildman–Crippen MR) is 490 cm³/mol. The monoisotopic (exact) mass is 1540 g/mol. The molecule has 10 nitrogen and oxygen atoms in total. The fraction of sp³-hybridized carbons (Fsp3) is 0.0364. The molecule has 0 N–H and O–H groups in total. The van der Waals surface area contributed by atoms with Gasteiger partial charge in [0, 0.05) is 88.8 Å². The first-order valence-electron chi connectivity index (χ1n) is 40.3. The van der Waals surface area contributed by atoms with Crippen LogP contribution in [0, 0.1) is 27.7 Å². The fourth-order valence-corrected chi connectivity index (χ4v) is 16.4. The first-order valence-corrected chi connectivity index (χ1v) is 40.3. The van der Waals surface area contributed by atoms with Crippen LogP contribution in [-0.2, 0) is 0 Å². The van der Waals surface area contributed by atoms with Gasteiger partial charge in [-0.05, 0) is 183 Å². The first kappa shape index (κ1) is 73.1. The van der Waals surface area contributed by atoms with E-state index in [-0.39, 0.29) is 0 Å². The Morgan fingerprint density at radius 3 is 0.933 bits per heavy atom. The minimum absolute atomic E-state index is 0.562. The molecule has 0 aliphatic rings. The lowest BCUT2D eigenvalue weighted by molar-refractivity contribution is 0.668. The van der Waals surface area contributed by atoms with Crippen LogP contribution in [0.25, 0.3) is 212 Å². The van der Waals surface area contributed by atoms with Crippen molar-refractivity contribution in [2.75, 3.05) is 0 Å². The molecule has 0 spiro atoms. The van der Waals surface area contributed by atoms with Crippen molar-refractivity contribution in [3.05, 3.63) is 411 Å². The normalized spacial score (nSPS) is 11.3. The Morgan fingerprint density at radius 2 is 0.467 bits per heavy atom. The van der Waals surface area contributed by atoms with E-state index < -0.39 is 0 Å². The van der Waals surface area contributed by atoms with Gasteiger partial charge in [-0.25, -0.2) is 29.9 Å². The van der Waals surface area contributed by atoms with E-state index in [9.17, 15) is 0 Å². The first-order chi connectivity index (χ1) is 59.1. The number of para-hydroxylation sites is 2. The van der Waals surface area contributed by atoms with E-state index in [4.69, 9.17) is 43.7 Å². The molecule has 0 atom stereocenters. The predicted octanol–water partition coefficient (Wildman–Crippen LogP) is 28.6. The van der Waals surface area contributed by atoms with Gasteiger partial charge >= 0.3 is 0 Å². The van der Waals surface area contributed by atoms with Gasteiger partial charge in [-0.15, -0.1) is 0 Å². The Bertz CT molecular complexity index is 7340. The highest BCUT2D eigenvalue weighted by Crippen LogP contribution is 2.46. The minimum atomic E-state index is 0.562. The van der Waals surface area contributed by atoms with Gasteiger partial charge < -0.3 is 8.83 Å². The van der Waals surface area contributed by atoms with Gasteiger partial charge in [0.2, 0.25) is 0 Å². The lowest BCUT2D eigenvalue weighted by atomic mass is 9.84. The van der Waals surface area contributed by atoms with Crippen molar-refractivity contribution in [1.82, 2.24) is 39.9 Å². The van der Waals surface area contributed by atoms with Crippen LogP contribution in [0.1, 0.15) is 22.8 Å². The van der Waals surface area contributed by atoms with E-state index in [1.807, 2.05) is 100 Å². The number of fused-ring (bicyclic) bond motifs is 6. The number of aryl methyl sites for hydroxylation is 4. The second-order valence-corrected chi connectivity index (χ2v) is 30.2. The highest BCUT2D eigenvalue weighted by molar-refractivity contribution is 6.07. The van der Waals surface area contributed by atoms with Crippen molar-refractivity contribution in [2.45, 2.75) is 27.7 Å². The van der Waals surface area contributed by atoms with Crippen LogP contribution in [0.2, 0.25) is 0 Å². The number of benzene rings is 15. The van der Waals surface area contributed by atoms with Crippen LogP contribution < -0.4 is 0 Å². The van der Waals surface area contributed by atoms with Gasteiger partial charge in [0.05, 0.1) is 0 Å². The van der Waals surface area contributed by atoms with E-state index in [1.165, 1.54) is 44.5 Å². The highest BCUT2D eigenvalue weighted by atomic mass is 16.3. The van der Waals surface area contributed by atoms with Crippen molar-refractivity contribution in [2.24, 2.45) is 0 Å². The summed E-state index contributed by atoms with van der Waals surface area (Å²) in [6, 6.07) is 135. The Balaban J connectivity index is 0.000000154. The number of furan rings is 2. The second-order valence-electron chi connectivity index (χ2n) is 30.2. The third kappa shape index (κ3) is 14.6. The molecule has 0 saturated heterocycles. The summed E-state index contributed by atoms with van der Waals surface area (Å²) < 4.78 is 12.6. The molecule has 0 amide bonds. The summed E-state index contributed by atoms with van der Waals surface area (Å²) in [5.74, 6) is 3.48. The number of aromatic nitrogens is 8. The number of hydrogen-bond acceptors (Lipinski definition) is 10. The summed E-state index contributed by atoms with van der Waals surface area (Å²) in [5.41, 5.74) is 33.0. The van der Waals surface area contributed by atoms with Crippen LogP contribution in [0.3, 0.4) is 0 Å². The maximum atomic E-state index is 6.33. The lowest BCUT2D eigenvalue weighted by Crippen LogP contribution is -2.01. The van der Waals surface area contributed by atoms with Crippen molar-refractivity contribution in [3.63, 3.8) is 0 Å². The number of hydrogen-bond donors (Lipinski definition) is 0. The molecular weight excluding hydrogens is 1470 g/mol. The average molecular weight is 1540 g/mol. The maximum Gasteiger partial charge on any atom is 0.164 e. The summed E-state index contributed by atoms with van der Waals surface area (Å²) >= 11 is 0. The van der Waals surface area contributed by atoms with E-state index in [0.29, 0.717) is 34.9 Å². The van der Waals surface area contributed by atoms with Gasteiger partial charge in [0.1, 0.15) is 22.3 Å². The molecule has 6 aromatic heterocycles. The molecule has 0 aliphatic heterocycles. The van der Waals surface area contributed by atoms with E-state index >= 15 is 0 Å². The van der Waals surface area contributed by atoms with Gasteiger partial charge in [0.25, 0.3) is 0 Å². The van der Waals surface area contributed by atoms with Crippen LogP contribution in [0.4, 0.5) is 0 Å². The summed E-state index contributed by atoms with van der Waals surface area (Å²) in [4.78, 5) is 40.3. The zero-order chi connectivity index (χ0) is 80.6. The topological polar surface area (TPSA) is 129 Å². The molecule has 21 rings (SSSR count). The Hall–Kier alpha value is -15.8. The minimum Gasteiger partial charge on any atom is -0.456 e. The fourth-order valence-electron chi connectivity index (χ4n) is 16.4. The van der Waals surface area contributed by atoms with Crippen LogP contribution in [0.15, 0.2) is 397 Å². The number of rotatable bonds is 15. The molecule has 21 aromatic rings. The van der Waals surface area contributed by atoms with E-state index in [2.05, 4.69) is 320 Å². The summed E-state index contributed by atoms with van der Waals surface area (Å²) in [5, 5.41) is 4.27. The molecule has 15 aromatic carbocycles. The number of nitrogens with zero attached hydrogens (tertiary/aromatic N) is 8. The molecule has 120 heavy (non-hydrogen) atoms. The quantitative estimate of drug-likeness (QED) is 0.0978. The van der Waals surface area contributed by atoms with E-state index in [0.717, 1.165) is 156 Å². The lowest BCUT2D eigenvalue weighted by Gasteiger charge is -2.19. The molecule has 0 aliphatic carbocycles. The van der Waals surface area contributed by atoms with Gasteiger partial charge in [-0.2, -0.15) is 0 Å². The van der Waals surface area contributed by atoms with Crippen molar-refractivity contribution in [3.8, 4) is 168 Å². The van der Waals surface area contributed by atoms with Crippen LogP contribution in [-0.4, -0.2) is 39.9 Å². The molecule has 0 saturated carbocycles. The molecule has 0 bridgehead atoms. The largest absolute Gasteiger partial charge is 0.456 e. The summed E-state index contributed by atoms with van der Waals surface area (Å²) in [6.07, 6.45) is 0. The Labute approximate surface area is 695 Å². The molecule has 568 valence electrons. The van der Waals surface area contributed by atoms with Crippen LogP contribution >= 0.6 is 0 Å². The van der Waals surface area contributed by atoms with Gasteiger partial charge in [0.15, 0.2) is 34.9 Å². The average Bonchev–Trinajstić information content (AvgIpc) is 1.77. The Kier molecular flexibility index (Phi) is 19.4. The van der Waals surface area contributed by atoms with Crippen molar-refractivity contribution in [1.29, 1.82) is 0 Å². The molecule has 10 heteroatoms. The molecular formula is C110H76N8O2.